The Bertz CT molecular complexity index is 379. The number of rotatable bonds is 6. The Balaban J connectivity index is 2.98. The van der Waals surface area contributed by atoms with Crippen LogP contribution in [0.4, 0.5) is 0 Å². The molecule has 0 spiro atoms. The SMILES string of the molecule is Cc1ccc(C)c(CC(CO)(CO)CC(C)C)c1. The van der Waals surface area contributed by atoms with Gasteiger partial charge < -0.3 is 10.2 Å². The molecule has 0 aliphatic carbocycles. The zero-order valence-electron chi connectivity index (χ0n) is 12.0. The van der Waals surface area contributed by atoms with Crippen molar-refractivity contribution in [2.24, 2.45) is 11.3 Å². The van der Waals surface area contributed by atoms with Gasteiger partial charge in [0, 0.05) is 5.41 Å². The average Bonchev–Trinajstić information content (AvgIpc) is 2.32. The van der Waals surface area contributed by atoms with Gasteiger partial charge in [-0.25, -0.2) is 0 Å². The van der Waals surface area contributed by atoms with Gasteiger partial charge >= 0.3 is 0 Å². The van der Waals surface area contributed by atoms with Crippen molar-refractivity contribution in [3.05, 3.63) is 34.9 Å². The van der Waals surface area contributed by atoms with Crippen molar-refractivity contribution >= 4 is 0 Å². The van der Waals surface area contributed by atoms with Gasteiger partial charge in [0.2, 0.25) is 0 Å². The molecule has 0 saturated heterocycles. The van der Waals surface area contributed by atoms with Gasteiger partial charge in [-0.3, -0.25) is 0 Å². The lowest BCUT2D eigenvalue weighted by Crippen LogP contribution is -2.34. The molecule has 0 unspecified atom stereocenters. The quantitative estimate of drug-likeness (QED) is 0.815. The number of aryl methyl sites for hydroxylation is 2. The van der Waals surface area contributed by atoms with Crippen molar-refractivity contribution in [3.8, 4) is 0 Å². The summed E-state index contributed by atoms with van der Waals surface area (Å²) in [4.78, 5) is 0. The van der Waals surface area contributed by atoms with Gasteiger partial charge in [0.25, 0.3) is 0 Å². The van der Waals surface area contributed by atoms with E-state index in [4.69, 9.17) is 0 Å². The van der Waals surface area contributed by atoms with E-state index < -0.39 is 5.41 Å². The molecule has 0 aromatic heterocycles. The molecule has 0 saturated carbocycles. The molecule has 2 N–H and O–H groups in total. The van der Waals surface area contributed by atoms with Gasteiger partial charge in [-0.15, -0.1) is 0 Å². The van der Waals surface area contributed by atoms with E-state index in [0.717, 1.165) is 12.8 Å². The molecule has 0 atom stereocenters. The smallest absolute Gasteiger partial charge is 0.0512 e. The maximum atomic E-state index is 9.69. The molecule has 1 rings (SSSR count). The van der Waals surface area contributed by atoms with Crippen LogP contribution in [0.1, 0.15) is 37.0 Å². The van der Waals surface area contributed by atoms with E-state index in [0.29, 0.717) is 5.92 Å². The summed E-state index contributed by atoms with van der Waals surface area (Å²) in [5.74, 6) is 0.467. The van der Waals surface area contributed by atoms with E-state index in [1.54, 1.807) is 0 Å². The second kappa shape index (κ2) is 6.35. The predicted molar refractivity (Wildman–Crippen MR) is 75.7 cm³/mol. The van der Waals surface area contributed by atoms with Crippen LogP contribution < -0.4 is 0 Å². The Morgan fingerprint density at radius 2 is 1.72 bits per heavy atom. The van der Waals surface area contributed by atoms with Gasteiger partial charge in [0.1, 0.15) is 0 Å². The normalized spacial score (nSPS) is 12.2. The van der Waals surface area contributed by atoms with Crippen molar-refractivity contribution < 1.29 is 10.2 Å². The molecule has 102 valence electrons. The summed E-state index contributed by atoms with van der Waals surface area (Å²) < 4.78 is 0. The molecule has 2 heteroatoms. The predicted octanol–water partition coefficient (Wildman–Crippen LogP) is 2.86. The monoisotopic (exact) mass is 250 g/mol. The fourth-order valence-electron chi connectivity index (χ4n) is 2.62. The Hall–Kier alpha value is -0.860. The molecular weight excluding hydrogens is 224 g/mol. The summed E-state index contributed by atoms with van der Waals surface area (Å²) >= 11 is 0. The summed E-state index contributed by atoms with van der Waals surface area (Å²) in [5, 5.41) is 19.4. The van der Waals surface area contributed by atoms with Crippen LogP contribution in [0.15, 0.2) is 18.2 Å². The van der Waals surface area contributed by atoms with Crippen LogP contribution in [-0.2, 0) is 6.42 Å². The maximum absolute atomic E-state index is 9.69. The largest absolute Gasteiger partial charge is 0.396 e. The summed E-state index contributed by atoms with van der Waals surface area (Å²) in [6.45, 7) is 8.49. The number of benzene rings is 1. The standard InChI is InChI=1S/C16H26O2/c1-12(2)8-16(10-17,11-18)9-15-7-13(3)5-6-14(15)4/h5-7,12,17-18H,8-11H2,1-4H3. The molecule has 18 heavy (non-hydrogen) atoms. The van der Waals surface area contributed by atoms with Crippen molar-refractivity contribution in [2.75, 3.05) is 13.2 Å². The van der Waals surface area contributed by atoms with Gasteiger partial charge in [-0.05, 0) is 43.7 Å². The van der Waals surface area contributed by atoms with Crippen LogP contribution >= 0.6 is 0 Å². The molecule has 0 amide bonds. The van der Waals surface area contributed by atoms with Gasteiger partial charge in [0.15, 0.2) is 0 Å². The highest BCUT2D eigenvalue weighted by molar-refractivity contribution is 5.31. The lowest BCUT2D eigenvalue weighted by molar-refractivity contribution is 0.0368. The molecule has 1 aromatic rings. The van der Waals surface area contributed by atoms with Gasteiger partial charge in [-0.2, -0.15) is 0 Å². The summed E-state index contributed by atoms with van der Waals surface area (Å²) in [7, 11) is 0. The van der Waals surface area contributed by atoms with Crippen molar-refractivity contribution in [2.45, 2.75) is 40.5 Å². The van der Waals surface area contributed by atoms with Crippen LogP contribution in [-0.4, -0.2) is 23.4 Å². The number of hydrogen-bond acceptors (Lipinski definition) is 2. The first kappa shape index (κ1) is 15.2. The number of hydrogen-bond donors (Lipinski definition) is 2. The highest BCUT2D eigenvalue weighted by atomic mass is 16.3. The summed E-state index contributed by atoms with van der Waals surface area (Å²) in [5.41, 5.74) is 3.30. The van der Waals surface area contributed by atoms with E-state index in [1.165, 1.54) is 16.7 Å². The van der Waals surface area contributed by atoms with E-state index in [9.17, 15) is 10.2 Å². The van der Waals surface area contributed by atoms with Crippen molar-refractivity contribution in [3.63, 3.8) is 0 Å². The van der Waals surface area contributed by atoms with Gasteiger partial charge in [0.05, 0.1) is 13.2 Å². The molecule has 0 bridgehead atoms. The molecule has 0 aliphatic heterocycles. The van der Waals surface area contributed by atoms with E-state index in [1.807, 2.05) is 0 Å². The number of aliphatic hydroxyl groups excluding tert-OH is 2. The maximum Gasteiger partial charge on any atom is 0.0512 e. The highest BCUT2D eigenvalue weighted by Crippen LogP contribution is 2.31. The topological polar surface area (TPSA) is 40.5 Å². The molecule has 1 aromatic carbocycles. The average molecular weight is 250 g/mol. The lowest BCUT2D eigenvalue weighted by Gasteiger charge is -2.32. The minimum absolute atomic E-state index is 0.0368. The zero-order valence-corrected chi connectivity index (χ0v) is 12.0. The third-order valence-corrected chi connectivity index (χ3v) is 3.58. The molecule has 0 radical (unpaired) electrons. The van der Waals surface area contributed by atoms with Crippen molar-refractivity contribution in [1.29, 1.82) is 0 Å². The zero-order chi connectivity index (χ0) is 13.8. The molecule has 0 fully saturated rings. The van der Waals surface area contributed by atoms with Crippen LogP contribution in [0.3, 0.4) is 0 Å². The van der Waals surface area contributed by atoms with Crippen LogP contribution in [0, 0.1) is 25.2 Å². The Morgan fingerprint density at radius 1 is 1.11 bits per heavy atom. The number of aliphatic hydroxyl groups is 2. The van der Waals surface area contributed by atoms with E-state index in [2.05, 4.69) is 45.9 Å². The minimum Gasteiger partial charge on any atom is -0.396 e. The second-order valence-corrected chi connectivity index (χ2v) is 6.02. The molecule has 0 heterocycles. The Kier molecular flexibility index (Phi) is 5.36. The first-order chi connectivity index (χ1) is 8.42. The fourth-order valence-corrected chi connectivity index (χ4v) is 2.62. The second-order valence-electron chi connectivity index (χ2n) is 6.02. The third-order valence-electron chi connectivity index (χ3n) is 3.58. The molecule has 2 nitrogen and oxygen atoms in total. The Labute approximate surface area is 111 Å². The van der Waals surface area contributed by atoms with Crippen molar-refractivity contribution in [1.82, 2.24) is 0 Å². The van der Waals surface area contributed by atoms with Crippen LogP contribution in [0.2, 0.25) is 0 Å². The first-order valence-electron chi connectivity index (χ1n) is 6.70. The summed E-state index contributed by atoms with van der Waals surface area (Å²) in [6.07, 6.45) is 1.58. The molecular formula is C16H26O2. The fraction of sp³-hybridized carbons (Fsp3) is 0.625. The minimum atomic E-state index is -0.396. The summed E-state index contributed by atoms with van der Waals surface area (Å²) in [6, 6.07) is 6.37. The third kappa shape index (κ3) is 3.82. The molecule has 0 aliphatic rings. The Morgan fingerprint density at radius 3 is 2.22 bits per heavy atom. The van der Waals surface area contributed by atoms with Gasteiger partial charge in [-0.1, -0.05) is 37.6 Å². The van der Waals surface area contributed by atoms with Crippen LogP contribution in [0.5, 0.6) is 0 Å². The van der Waals surface area contributed by atoms with E-state index >= 15 is 0 Å². The lowest BCUT2D eigenvalue weighted by atomic mass is 9.76. The first-order valence-corrected chi connectivity index (χ1v) is 6.70. The van der Waals surface area contributed by atoms with E-state index in [-0.39, 0.29) is 13.2 Å². The van der Waals surface area contributed by atoms with Crippen LogP contribution in [0.25, 0.3) is 0 Å². The highest BCUT2D eigenvalue weighted by Gasteiger charge is 2.30.